The third-order valence-corrected chi connectivity index (χ3v) is 5.23. The van der Waals surface area contributed by atoms with Gasteiger partial charge in [-0.25, -0.2) is 9.67 Å². The summed E-state index contributed by atoms with van der Waals surface area (Å²) in [5.41, 5.74) is 7.28. The minimum absolute atomic E-state index is 0.0964. The zero-order valence-electron chi connectivity index (χ0n) is 18.0. The molecule has 0 radical (unpaired) electrons. The predicted molar refractivity (Wildman–Crippen MR) is 117 cm³/mol. The summed E-state index contributed by atoms with van der Waals surface area (Å²) in [6.45, 7) is 8.39. The highest BCUT2D eigenvalue weighted by atomic mass is 16.1. The molecule has 1 aromatic carbocycles. The molecule has 4 aromatic rings. The second kappa shape index (κ2) is 7.74. The molecule has 7 heteroatoms. The molecule has 0 aliphatic carbocycles. The quantitative estimate of drug-likeness (QED) is 0.555. The largest absolute Gasteiger partial charge is 0.352 e. The Morgan fingerprint density at radius 1 is 1.00 bits per heavy atom. The van der Waals surface area contributed by atoms with Crippen LogP contribution in [0.3, 0.4) is 0 Å². The first-order valence-corrected chi connectivity index (χ1v) is 10.0. The maximum Gasteiger partial charge on any atom is 0.252 e. The molecular formula is C23H26N6O. The van der Waals surface area contributed by atoms with Crippen LogP contribution in [0.4, 0.5) is 0 Å². The molecule has 154 valence electrons. The summed E-state index contributed by atoms with van der Waals surface area (Å²) in [6.07, 6.45) is 0.752. The lowest BCUT2D eigenvalue weighted by molar-refractivity contribution is 0.0955. The summed E-state index contributed by atoms with van der Waals surface area (Å²) >= 11 is 0. The maximum absolute atomic E-state index is 12.9. The normalized spacial score (nSPS) is 11.2. The number of aryl methyl sites for hydroxylation is 5. The molecule has 0 spiro atoms. The van der Waals surface area contributed by atoms with Crippen molar-refractivity contribution in [1.82, 2.24) is 29.9 Å². The zero-order chi connectivity index (χ0) is 21.4. The van der Waals surface area contributed by atoms with Crippen LogP contribution in [0.15, 0.2) is 36.4 Å². The first kappa shape index (κ1) is 19.8. The van der Waals surface area contributed by atoms with E-state index in [4.69, 9.17) is 0 Å². The number of fused-ring (bicyclic) bond motifs is 1. The number of carbonyl (C=O) groups is 1. The van der Waals surface area contributed by atoms with Gasteiger partial charge in [0.25, 0.3) is 5.91 Å². The monoisotopic (exact) mass is 402 g/mol. The Bertz CT molecular complexity index is 1230. The van der Waals surface area contributed by atoms with Crippen molar-refractivity contribution in [2.24, 2.45) is 7.05 Å². The van der Waals surface area contributed by atoms with Gasteiger partial charge < -0.3 is 5.32 Å². The molecule has 30 heavy (non-hydrogen) atoms. The maximum atomic E-state index is 12.9. The van der Waals surface area contributed by atoms with Crippen LogP contribution in [0.1, 0.15) is 38.7 Å². The van der Waals surface area contributed by atoms with Gasteiger partial charge in [0.05, 0.1) is 28.0 Å². The van der Waals surface area contributed by atoms with E-state index in [9.17, 15) is 4.79 Å². The van der Waals surface area contributed by atoms with Gasteiger partial charge in [0.1, 0.15) is 0 Å². The summed E-state index contributed by atoms with van der Waals surface area (Å²) in [5.74, 6) is -0.0964. The first-order chi connectivity index (χ1) is 14.3. The number of rotatable bonds is 5. The van der Waals surface area contributed by atoms with Crippen molar-refractivity contribution in [3.8, 4) is 5.69 Å². The molecule has 3 aromatic heterocycles. The fourth-order valence-corrected chi connectivity index (χ4v) is 3.86. The van der Waals surface area contributed by atoms with Crippen molar-refractivity contribution in [3.05, 3.63) is 70.3 Å². The van der Waals surface area contributed by atoms with Gasteiger partial charge in [0.2, 0.25) is 0 Å². The molecule has 7 nitrogen and oxygen atoms in total. The molecule has 4 rings (SSSR count). The van der Waals surface area contributed by atoms with Crippen molar-refractivity contribution in [1.29, 1.82) is 0 Å². The first-order valence-electron chi connectivity index (χ1n) is 10.0. The molecule has 0 aliphatic rings. The average molecular weight is 403 g/mol. The summed E-state index contributed by atoms with van der Waals surface area (Å²) in [6, 6.07) is 12.2. The second-order valence-electron chi connectivity index (χ2n) is 7.73. The van der Waals surface area contributed by atoms with Gasteiger partial charge >= 0.3 is 0 Å². The Labute approximate surface area is 175 Å². The Hall–Kier alpha value is -3.48. The smallest absolute Gasteiger partial charge is 0.252 e. The minimum Gasteiger partial charge on any atom is -0.352 e. The average Bonchev–Trinajstić information content (AvgIpc) is 3.19. The van der Waals surface area contributed by atoms with Gasteiger partial charge in [-0.3, -0.25) is 9.48 Å². The van der Waals surface area contributed by atoms with Crippen molar-refractivity contribution >= 4 is 16.9 Å². The Morgan fingerprint density at radius 3 is 2.40 bits per heavy atom. The molecule has 0 saturated carbocycles. The number of nitrogens with zero attached hydrogens (tertiary/aromatic N) is 5. The second-order valence-corrected chi connectivity index (χ2v) is 7.73. The number of pyridine rings is 1. The highest BCUT2D eigenvalue weighted by Crippen LogP contribution is 2.21. The summed E-state index contributed by atoms with van der Waals surface area (Å²) in [7, 11) is 1.85. The van der Waals surface area contributed by atoms with E-state index in [-0.39, 0.29) is 5.91 Å². The Kier molecular flexibility index (Phi) is 5.11. The van der Waals surface area contributed by atoms with Gasteiger partial charge in [-0.2, -0.15) is 10.2 Å². The van der Waals surface area contributed by atoms with E-state index >= 15 is 0 Å². The number of carbonyl (C=O) groups excluding carboxylic acids is 1. The SMILES string of the molecule is Cc1cc(C(=O)NCCc2ccc(-n3nc(C)cc3C)cc2)c2c(C)nn(C)c2n1. The van der Waals surface area contributed by atoms with Crippen LogP contribution in [0.2, 0.25) is 0 Å². The molecule has 0 aliphatic heterocycles. The van der Waals surface area contributed by atoms with Gasteiger partial charge in [0, 0.05) is 25.0 Å². The van der Waals surface area contributed by atoms with Crippen LogP contribution >= 0.6 is 0 Å². The molecule has 0 fully saturated rings. The van der Waals surface area contributed by atoms with Gasteiger partial charge in [-0.05, 0) is 63.9 Å². The summed E-state index contributed by atoms with van der Waals surface area (Å²) < 4.78 is 3.66. The lowest BCUT2D eigenvalue weighted by Crippen LogP contribution is -2.26. The van der Waals surface area contributed by atoms with Crippen LogP contribution in [0.5, 0.6) is 0 Å². The van der Waals surface area contributed by atoms with Gasteiger partial charge in [0.15, 0.2) is 5.65 Å². The number of nitrogens with one attached hydrogen (secondary N) is 1. The lowest BCUT2D eigenvalue weighted by Gasteiger charge is -2.09. The Morgan fingerprint density at radius 2 is 1.73 bits per heavy atom. The predicted octanol–water partition coefficient (Wildman–Crippen LogP) is 3.36. The molecule has 0 atom stereocenters. The number of hydrogen-bond acceptors (Lipinski definition) is 4. The van der Waals surface area contributed by atoms with Crippen molar-refractivity contribution < 1.29 is 4.79 Å². The topological polar surface area (TPSA) is 77.6 Å². The van der Waals surface area contributed by atoms with Gasteiger partial charge in [-0.1, -0.05) is 12.1 Å². The fourth-order valence-electron chi connectivity index (χ4n) is 3.86. The number of amides is 1. The Balaban J connectivity index is 1.44. The fraction of sp³-hybridized carbons (Fsp3) is 0.304. The third-order valence-electron chi connectivity index (χ3n) is 5.23. The molecule has 1 amide bonds. The molecule has 0 bridgehead atoms. The summed E-state index contributed by atoms with van der Waals surface area (Å²) in [4.78, 5) is 17.4. The van der Waals surface area contributed by atoms with Crippen molar-refractivity contribution in [2.75, 3.05) is 6.54 Å². The molecule has 0 saturated heterocycles. The van der Waals surface area contributed by atoms with E-state index in [1.807, 2.05) is 45.5 Å². The van der Waals surface area contributed by atoms with Crippen LogP contribution in [0, 0.1) is 27.7 Å². The number of benzene rings is 1. The van der Waals surface area contributed by atoms with Crippen molar-refractivity contribution in [3.63, 3.8) is 0 Å². The minimum atomic E-state index is -0.0964. The van der Waals surface area contributed by atoms with E-state index in [1.54, 1.807) is 4.68 Å². The van der Waals surface area contributed by atoms with Crippen LogP contribution in [0.25, 0.3) is 16.7 Å². The molecule has 0 unspecified atom stereocenters. The lowest BCUT2D eigenvalue weighted by atomic mass is 10.1. The van der Waals surface area contributed by atoms with Crippen LogP contribution in [-0.2, 0) is 13.5 Å². The van der Waals surface area contributed by atoms with E-state index in [2.05, 4.69) is 50.8 Å². The highest BCUT2D eigenvalue weighted by molar-refractivity contribution is 6.06. The third kappa shape index (κ3) is 3.70. The van der Waals surface area contributed by atoms with E-state index < -0.39 is 0 Å². The zero-order valence-corrected chi connectivity index (χ0v) is 18.0. The number of hydrogen-bond donors (Lipinski definition) is 1. The van der Waals surface area contributed by atoms with E-state index in [0.717, 1.165) is 51.5 Å². The van der Waals surface area contributed by atoms with Crippen LogP contribution in [-0.4, -0.2) is 37.0 Å². The molecule has 3 heterocycles. The van der Waals surface area contributed by atoms with Crippen LogP contribution < -0.4 is 5.32 Å². The molecular weight excluding hydrogens is 376 g/mol. The van der Waals surface area contributed by atoms with Gasteiger partial charge in [-0.15, -0.1) is 0 Å². The highest BCUT2D eigenvalue weighted by Gasteiger charge is 2.17. The molecule has 1 N–H and O–H groups in total. The standard InChI is InChI=1S/C23H26N6O/c1-14-13-20(21-17(4)27-28(5)22(21)25-14)23(30)24-11-10-18-6-8-19(9-7-18)29-16(3)12-15(2)26-29/h6-9,12-13H,10-11H2,1-5H3,(H,24,30). The summed E-state index contributed by atoms with van der Waals surface area (Å²) in [5, 5.41) is 12.8. The van der Waals surface area contributed by atoms with Crippen molar-refractivity contribution in [2.45, 2.75) is 34.1 Å². The number of aromatic nitrogens is 5. The van der Waals surface area contributed by atoms with E-state index in [1.165, 1.54) is 0 Å². The van der Waals surface area contributed by atoms with E-state index in [0.29, 0.717) is 12.1 Å².